The van der Waals surface area contributed by atoms with Gasteiger partial charge in [-0.25, -0.2) is 15.0 Å². The number of H-pyrrole nitrogens is 1. The number of hydrogen-bond donors (Lipinski definition) is 2. The molecule has 29 heavy (non-hydrogen) atoms. The maximum atomic E-state index is 12.7. The summed E-state index contributed by atoms with van der Waals surface area (Å²) in [5.74, 6) is 1.91. The van der Waals surface area contributed by atoms with Crippen molar-refractivity contribution in [2.45, 2.75) is 6.17 Å². The van der Waals surface area contributed by atoms with Gasteiger partial charge in [0.1, 0.15) is 29.2 Å². The second kappa shape index (κ2) is 6.62. The van der Waals surface area contributed by atoms with Gasteiger partial charge in [0.2, 0.25) is 0 Å². The zero-order valence-corrected chi connectivity index (χ0v) is 15.8. The molecule has 2 aliphatic rings. The number of nitrogens with zero attached hydrogens (tertiary/aromatic N) is 4. The summed E-state index contributed by atoms with van der Waals surface area (Å²) in [5.41, 5.74) is 3.04. The minimum absolute atomic E-state index is 0.258. The highest BCUT2D eigenvalue weighted by Gasteiger charge is 2.32. The first-order valence-electron chi connectivity index (χ1n) is 9.07. The standard InChI is InChI=1S/C20H18N6O3/c1-28-11-7-12-17(15(8-11)29-2)21-10-26-9-16(24-19(12)26)25-20(27)18-22-13-5-3-4-6-14(13)23-18/h3-8,10,16H,9H2,1-2H3,(H,22,23)(H,25,27). The van der Waals surface area contributed by atoms with Crippen LogP contribution >= 0.6 is 0 Å². The Morgan fingerprint density at radius 1 is 1.24 bits per heavy atom. The molecule has 2 aliphatic heterocycles. The quantitative estimate of drug-likeness (QED) is 0.710. The third kappa shape index (κ3) is 2.87. The number of aromatic amines is 1. The molecule has 0 saturated heterocycles. The van der Waals surface area contributed by atoms with Gasteiger partial charge < -0.3 is 24.7 Å². The Balaban J connectivity index is 1.43. The monoisotopic (exact) mass is 390 g/mol. The molecule has 0 fully saturated rings. The summed E-state index contributed by atoms with van der Waals surface area (Å²) in [6.45, 7) is 0.476. The molecule has 0 bridgehead atoms. The van der Waals surface area contributed by atoms with Crippen LogP contribution < -0.4 is 14.8 Å². The predicted molar refractivity (Wildman–Crippen MR) is 108 cm³/mol. The van der Waals surface area contributed by atoms with Gasteiger partial charge in [0, 0.05) is 6.07 Å². The first-order chi connectivity index (χ1) is 14.2. The van der Waals surface area contributed by atoms with E-state index < -0.39 is 6.17 Å². The zero-order chi connectivity index (χ0) is 20.0. The molecular formula is C20H18N6O3. The van der Waals surface area contributed by atoms with Gasteiger partial charge in [-0.1, -0.05) is 12.1 Å². The number of rotatable bonds is 4. The topological polar surface area (TPSA) is 104 Å². The van der Waals surface area contributed by atoms with E-state index >= 15 is 0 Å². The van der Waals surface area contributed by atoms with E-state index in [0.717, 1.165) is 16.6 Å². The van der Waals surface area contributed by atoms with Crippen molar-refractivity contribution in [2.24, 2.45) is 9.98 Å². The van der Waals surface area contributed by atoms with Gasteiger partial charge in [-0.15, -0.1) is 0 Å². The molecule has 146 valence electrons. The molecule has 1 aromatic heterocycles. The highest BCUT2D eigenvalue weighted by atomic mass is 16.5. The highest BCUT2D eigenvalue weighted by molar-refractivity contribution is 6.13. The third-order valence-electron chi connectivity index (χ3n) is 4.89. The summed E-state index contributed by atoms with van der Waals surface area (Å²) in [6.07, 6.45) is 1.27. The van der Waals surface area contributed by atoms with Crippen LogP contribution in [0.15, 0.2) is 46.4 Å². The van der Waals surface area contributed by atoms with E-state index in [2.05, 4.69) is 25.3 Å². The molecule has 5 rings (SSSR count). The number of amidine groups is 1. The molecule has 2 aromatic carbocycles. The summed E-state index contributed by atoms with van der Waals surface area (Å²) in [5, 5.41) is 2.91. The summed E-state index contributed by atoms with van der Waals surface area (Å²) in [7, 11) is 3.18. The first-order valence-corrected chi connectivity index (χ1v) is 9.07. The number of hydrogen-bond acceptors (Lipinski definition) is 7. The van der Waals surface area contributed by atoms with Crippen LogP contribution in [0.25, 0.3) is 11.0 Å². The summed E-state index contributed by atoms with van der Waals surface area (Å²) < 4.78 is 10.8. The third-order valence-corrected chi connectivity index (χ3v) is 4.89. The largest absolute Gasteiger partial charge is 0.497 e. The zero-order valence-electron chi connectivity index (χ0n) is 15.8. The van der Waals surface area contributed by atoms with E-state index in [1.807, 2.05) is 35.2 Å². The maximum Gasteiger partial charge on any atom is 0.288 e. The van der Waals surface area contributed by atoms with E-state index in [9.17, 15) is 4.79 Å². The molecule has 0 saturated carbocycles. The fourth-order valence-electron chi connectivity index (χ4n) is 3.51. The van der Waals surface area contributed by atoms with Crippen LogP contribution in [0, 0.1) is 0 Å². The molecule has 2 N–H and O–H groups in total. The van der Waals surface area contributed by atoms with E-state index in [0.29, 0.717) is 29.6 Å². The van der Waals surface area contributed by atoms with Crippen molar-refractivity contribution in [3.05, 3.63) is 47.8 Å². The Labute approximate surface area is 166 Å². The molecule has 9 heteroatoms. The minimum atomic E-state index is -0.430. The van der Waals surface area contributed by atoms with Gasteiger partial charge in [-0.05, 0) is 18.2 Å². The minimum Gasteiger partial charge on any atom is -0.497 e. The van der Waals surface area contributed by atoms with Crippen LogP contribution in [-0.4, -0.2) is 59.9 Å². The first kappa shape index (κ1) is 17.2. The number of para-hydroxylation sites is 2. The molecule has 1 atom stereocenters. The number of aromatic nitrogens is 2. The number of aliphatic imine (C=N–C) groups is 2. The van der Waals surface area contributed by atoms with Crippen molar-refractivity contribution in [3.63, 3.8) is 0 Å². The predicted octanol–water partition coefficient (Wildman–Crippen LogP) is 2.07. The number of nitrogens with one attached hydrogen (secondary N) is 2. The lowest BCUT2D eigenvalue weighted by atomic mass is 10.1. The second-order valence-electron chi connectivity index (χ2n) is 6.67. The van der Waals surface area contributed by atoms with E-state index in [4.69, 9.17) is 9.47 Å². The lowest BCUT2D eigenvalue weighted by Crippen LogP contribution is -2.38. The van der Waals surface area contributed by atoms with Gasteiger partial charge in [-0.2, -0.15) is 0 Å². The van der Waals surface area contributed by atoms with Crippen LogP contribution in [0.3, 0.4) is 0 Å². The SMILES string of the molecule is COc1cc(OC)c2c(c1)C1=NC(NC(=O)c3nc4ccccc4[nH]3)CN1C=N2. The highest BCUT2D eigenvalue weighted by Crippen LogP contribution is 2.39. The van der Waals surface area contributed by atoms with E-state index in [1.54, 1.807) is 26.6 Å². The summed E-state index contributed by atoms with van der Waals surface area (Å²) >= 11 is 0. The number of carbonyl (C=O) groups is 1. The number of benzene rings is 2. The maximum absolute atomic E-state index is 12.7. The van der Waals surface area contributed by atoms with E-state index in [-0.39, 0.29) is 11.7 Å². The van der Waals surface area contributed by atoms with Crippen molar-refractivity contribution in [3.8, 4) is 11.5 Å². The van der Waals surface area contributed by atoms with Gasteiger partial charge in [0.15, 0.2) is 5.82 Å². The van der Waals surface area contributed by atoms with Gasteiger partial charge >= 0.3 is 0 Å². The molecule has 3 heterocycles. The van der Waals surface area contributed by atoms with Gasteiger partial charge in [-0.3, -0.25) is 4.79 Å². The molecule has 0 radical (unpaired) electrons. The molecular weight excluding hydrogens is 372 g/mol. The Morgan fingerprint density at radius 2 is 2.10 bits per heavy atom. The normalized spacial score (nSPS) is 17.0. The number of methoxy groups -OCH3 is 2. The molecule has 3 aromatic rings. The Morgan fingerprint density at radius 3 is 2.90 bits per heavy atom. The van der Waals surface area contributed by atoms with Crippen molar-refractivity contribution >= 4 is 34.8 Å². The van der Waals surface area contributed by atoms with Crippen LogP contribution in [-0.2, 0) is 0 Å². The summed E-state index contributed by atoms with van der Waals surface area (Å²) in [6, 6.07) is 11.1. The van der Waals surface area contributed by atoms with Crippen molar-refractivity contribution in [2.75, 3.05) is 20.8 Å². The molecule has 9 nitrogen and oxygen atoms in total. The lowest BCUT2D eigenvalue weighted by Gasteiger charge is -2.22. The molecule has 0 aliphatic carbocycles. The number of fused-ring (bicyclic) bond motifs is 4. The van der Waals surface area contributed by atoms with Crippen molar-refractivity contribution in [1.29, 1.82) is 0 Å². The van der Waals surface area contributed by atoms with Crippen molar-refractivity contribution < 1.29 is 14.3 Å². The fraction of sp³-hybridized carbons (Fsp3) is 0.200. The van der Waals surface area contributed by atoms with E-state index in [1.165, 1.54) is 0 Å². The van der Waals surface area contributed by atoms with Crippen LogP contribution in [0.5, 0.6) is 11.5 Å². The fourth-order valence-corrected chi connectivity index (χ4v) is 3.51. The number of imidazole rings is 1. The number of ether oxygens (including phenoxy) is 2. The average molecular weight is 390 g/mol. The van der Waals surface area contributed by atoms with Crippen LogP contribution in [0.1, 0.15) is 16.2 Å². The van der Waals surface area contributed by atoms with Gasteiger partial charge in [0.25, 0.3) is 5.91 Å². The second-order valence-corrected chi connectivity index (χ2v) is 6.67. The molecule has 1 unspecified atom stereocenters. The Hall–Kier alpha value is -3.88. The smallest absolute Gasteiger partial charge is 0.288 e. The molecule has 0 spiro atoms. The summed E-state index contributed by atoms with van der Waals surface area (Å²) in [4.78, 5) is 31.1. The number of carbonyl (C=O) groups excluding carboxylic acids is 1. The lowest BCUT2D eigenvalue weighted by molar-refractivity contribution is 0.0929. The Bertz CT molecular complexity index is 1150. The number of amides is 1. The average Bonchev–Trinajstić information content (AvgIpc) is 3.36. The van der Waals surface area contributed by atoms with Crippen LogP contribution in [0.4, 0.5) is 5.69 Å². The van der Waals surface area contributed by atoms with Gasteiger partial charge in [0.05, 0.1) is 43.7 Å². The Kier molecular flexibility index (Phi) is 3.94. The molecule has 1 amide bonds. The van der Waals surface area contributed by atoms with Crippen molar-refractivity contribution in [1.82, 2.24) is 20.2 Å². The van der Waals surface area contributed by atoms with Crippen LogP contribution in [0.2, 0.25) is 0 Å².